The van der Waals surface area contributed by atoms with Crippen molar-refractivity contribution in [1.29, 1.82) is 0 Å². The van der Waals surface area contributed by atoms with E-state index in [9.17, 15) is 4.79 Å². The average Bonchev–Trinajstić information content (AvgIpc) is 2.97. The van der Waals surface area contributed by atoms with Gasteiger partial charge in [0.15, 0.2) is 0 Å². The smallest absolute Gasteiger partial charge is 0.253 e. The highest BCUT2D eigenvalue weighted by Crippen LogP contribution is 2.27. The Morgan fingerprint density at radius 1 is 0.923 bits per heavy atom. The molecule has 0 unspecified atom stereocenters. The minimum atomic E-state index is -0.122. The Hall–Kier alpha value is -3.72. The van der Waals surface area contributed by atoms with Crippen LogP contribution in [-0.4, -0.2) is 64.5 Å². The van der Waals surface area contributed by atoms with Crippen LogP contribution in [0.5, 0.6) is 0 Å². The van der Waals surface area contributed by atoms with Crippen LogP contribution >= 0.6 is 0 Å². The number of aryl methyl sites for hydroxylation is 2. The second-order valence-corrected chi connectivity index (χ2v) is 10.5. The molecule has 3 aromatic rings. The van der Waals surface area contributed by atoms with Gasteiger partial charge in [-0.3, -0.25) is 4.79 Å². The maximum Gasteiger partial charge on any atom is 0.253 e. The summed E-state index contributed by atoms with van der Waals surface area (Å²) in [5, 5.41) is 9.52. The van der Waals surface area contributed by atoms with E-state index in [0.29, 0.717) is 29.6 Å². The summed E-state index contributed by atoms with van der Waals surface area (Å²) in [5.41, 5.74) is 3.93. The second-order valence-electron chi connectivity index (χ2n) is 10.5. The van der Waals surface area contributed by atoms with Crippen LogP contribution in [0.1, 0.15) is 60.6 Å². The van der Waals surface area contributed by atoms with E-state index in [1.165, 1.54) is 45.2 Å². The number of benzene rings is 1. The zero-order chi connectivity index (χ0) is 27.2. The first-order chi connectivity index (χ1) is 19.0. The van der Waals surface area contributed by atoms with Crippen LogP contribution in [0.25, 0.3) is 0 Å². The monoisotopic (exact) mass is 528 g/mol. The summed E-state index contributed by atoms with van der Waals surface area (Å²) in [7, 11) is 0. The molecule has 2 aromatic heterocycles. The van der Waals surface area contributed by atoms with Crippen molar-refractivity contribution >= 4 is 34.9 Å². The lowest BCUT2D eigenvalue weighted by atomic mass is 10.00. The van der Waals surface area contributed by atoms with Gasteiger partial charge in [-0.25, -0.2) is 9.97 Å². The molecular formula is C30H40N8O. The summed E-state index contributed by atoms with van der Waals surface area (Å²) in [6, 6.07) is 12.3. The molecule has 9 nitrogen and oxygen atoms in total. The summed E-state index contributed by atoms with van der Waals surface area (Å²) in [6.45, 7) is 11.1. The minimum absolute atomic E-state index is 0.122. The molecule has 4 heterocycles. The molecule has 0 saturated carbocycles. The van der Waals surface area contributed by atoms with Crippen LogP contribution in [0.3, 0.4) is 0 Å². The zero-order valence-corrected chi connectivity index (χ0v) is 23.3. The maximum absolute atomic E-state index is 12.5. The fourth-order valence-electron chi connectivity index (χ4n) is 5.52. The van der Waals surface area contributed by atoms with Crippen molar-refractivity contribution in [3.63, 3.8) is 0 Å². The molecule has 0 radical (unpaired) electrons. The SMILES string of the molecule is CCNC(=O)c1ccccc1Nc1nc(Nc2ccc(N3CCC(N4CCCCC4)CC3)nc2C)ncc1C. The van der Waals surface area contributed by atoms with Gasteiger partial charge in [0.2, 0.25) is 5.95 Å². The van der Waals surface area contributed by atoms with Crippen LogP contribution in [0.15, 0.2) is 42.6 Å². The Balaban J connectivity index is 1.25. The predicted molar refractivity (Wildman–Crippen MR) is 157 cm³/mol. The summed E-state index contributed by atoms with van der Waals surface area (Å²) < 4.78 is 0. The number of hydrogen-bond acceptors (Lipinski definition) is 8. The molecule has 0 atom stereocenters. The van der Waals surface area contributed by atoms with Gasteiger partial charge in [-0.1, -0.05) is 18.6 Å². The zero-order valence-electron chi connectivity index (χ0n) is 23.3. The van der Waals surface area contributed by atoms with Crippen molar-refractivity contribution in [3.8, 4) is 0 Å². The first-order valence-electron chi connectivity index (χ1n) is 14.2. The fourth-order valence-corrected chi connectivity index (χ4v) is 5.52. The van der Waals surface area contributed by atoms with E-state index in [4.69, 9.17) is 9.97 Å². The maximum atomic E-state index is 12.5. The van der Waals surface area contributed by atoms with Crippen molar-refractivity contribution in [2.75, 3.05) is 48.3 Å². The topological polar surface area (TPSA) is 98.3 Å². The molecular weight excluding hydrogens is 488 g/mol. The summed E-state index contributed by atoms with van der Waals surface area (Å²) in [4.78, 5) is 31.7. The number of hydrogen-bond donors (Lipinski definition) is 3. The quantitative estimate of drug-likeness (QED) is 0.368. The number of para-hydroxylation sites is 1. The molecule has 2 fully saturated rings. The standard InChI is InChI=1S/C30H40N8O/c1-4-31-29(39)24-10-6-7-11-26(24)34-28-21(2)20-32-30(36-28)35-25-12-13-27(33-22(25)3)38-18-14-23(15-19-38)37-16-8-5-9-17-37/h6-7,10-13,20,23H,4-5,8-9,14-19H2,1-3H3,(H,31,39)(H2,32,34,35,36). The molecule has 39 heavy (non-hydrogen) atoms. The van der Waals surface area contributed by atoms with Gasteiger partial charge in [-0.2, -0.15) is 4.98 Å². The highest BCUT2D eigenvalue weighted by atomic mass is 16.1. The number of amides is 1. The third kappa shape index (κ3) is 6.47. The van der Waals surface area contributed by atoms with Crippen molar-refractivity contribution in [3.05, 3.63) is 59.4 Å². The molecule has 0 bridgehead atoms. The normalized spacial score (nSPS) is 16.6. The third-order valence-corrected chi connectivity index (χ3v) is 7.75. The van der Waals surface area contributed by atoms with Crippen LogP contribution in [0.2, 0.25) is 0 Å². The van der Waals surface area contributed by atoms with Gasteiger partial charge in [-0.05, 0) is 83.8 Å². The molecule has 1 aromatic carbocycles. The molecule has 2 saturated heterocycles. The van der Waals surface area contributed by atoms with Crippen molar-refractivity contribution in [2.45, 2.75) is 58.9 Å². The Kier molecular flexibility index (Phi) is 8.56. The second kappa shape index (κ2) is 12.4. The molecule has 5 rings (SSSR count). The first-order valence-corrected chi connectivity index (χ1v) is 14.2. The summed E-state index contributed by atoms with van der Waals surface area (Å²) in [5.74, 6) is 2.02. The number of likely N-dealkylation sites (tertiary alicyclic amines) is 1. The number of carbonyl (C=O) groups is 1. The number of nitrogens with zero attached hydrogens (tertiary/aromatic N) is 5. The van der Waals surface area contributed by atoms with E-state index in [2.05, 4.69) is 42.9 Å². The van der Waals surface area contributed by atoms with Gasteiger partial charge in [0.25, 0.3) is 5.91 Å². The summed E-state index contributed by atoms with van der Waals surface area (Å²) >= 11 is 0. The number of carbonyl (C=O) groups excluding carboxylic acids is 1. The first kappa shape index (κ1) is 26.9. The lowest BCUT2D eigenvalue weighted by Gasteiger charge is -2.40. The molecule has 2 aliphatic rings. The third-order valence-electron chi connectivity index (χ3n) is 7.75. The fraction of sp³-hybridized carbons (Fsp3) is 0.467. The highest BCUT2D eigenvalue weighted by molar-refractivity contribution is 6.00. The Morgan fingerprint density at radius 3 is 2.44 bits per heavy atom. The van der Waals surface area contributed by atoms with Crippen molar-refractivity contribution in [1.82, 2.24) is 25.2 Å². The van der Waals surface area contributed by atoms with E-state index in [1.54, 1.807) is 12.3 Å². The number of nitrogens with one attached hydrogen (secondary N) is 3. The van der Waals surface area contributed by atoms with E-state index < -0.39 is 0 Å². The Bertz CT molecular complexity index is 1280. The van der Waals surface area contributed by atoms with Crippen molar-refractivity contribution in [2.24, 2.45) is 0 Å². The lowest BCUT2D eigenvalue weighted by molar-refractivity contribution is 0.0956. The van der Waals surface area contributed by atoms with Crippen LogP contribution in [0, 0.1) is 13.8 Å². The molecule has 9 heteroatoms. The number of rotatable bonds is 8. The van der Waals surface area contributed by atoms with Crippen LogP contribution < -0.4 is 20.9 Å². The van der Waals surface area contributed by atoms with Crippen LogP contribution in [-0.2, 0) is 0 Å². The molecule has 3 N–H and O–H groups in total. The molecule has 1 amide bonds. The molecule has 0 spiro atoms. The number of anilines is 5. The highest BCUT2D eigenvalue weighted by Gasteiger charge is 2.26. The van der Waals surface area contributed by atoms with Gasteiger partial charge < -0.3 is 25.8 Å². The lowest BCUT2D eigenvalue weighted by Crippen LogP contribution is -2.46. The minimum Gasteiger partial charge on any atom is -0.356 e. The number of aromatic nitrogens is 3. The molecule has 206 valence electrons. The Morgan fingerprint density at radius 2 is 1.69 bits per heavy atom. The van der Waals surface area contributed by atoms with Gasteiger partial charge in [0.05, 0.1) is 22.6 Å². The predicted octanol–water partition coefficient (Wildman–Crippen LogP) is 5.18. The van der Waals surface area contributed by atoms with E-state index >= 15 is 0 Å². The van der Waals surface area contributed by atoms with Gasteiger partial charge in [0.1, 0.15) is 11.6 Å². The van der Waals surface area contributed by atoms with Gasteiger partial charge in [-0.15, -0.1) is 0 Å². The van der Waals surface area contributed by atoms with E-state index in [0.717, 1.165) is 41.9 Å². The summed E-state index contributed by atoms with van der Waals surface area (Å²) in [6.07, 6.45) is 8.27. The average molecular weight is 529 g/mol. The number of pyridine rings is 1. The van der Waals surface area contributed by atoms with E-state index in [-0.39, 0.29) is 5.91 Å². The Labute approximate surface area is 231 Å². The van der Waals surface area contributed by atoms with Crippen molar-refractivity contribution < 1.29 is 4.79 Å². The van der Waals surface area contributed by atoms with Gasteiger partial charge in [0, 0.05) is 37.4 Å². The van der Waals surface area contributed by atoms with Crippen LogP contribution in [0.4, 0.5) is 29.0 Å². The largest absolute Gasteiger partial charge is 0.356 e. The van der Waals surface area contributed by atoms with E-state index in [1.807, 2.05) is 39.0 Å². The number of piperidine rings is 2. The van der Waals surface area contributed by atoms with Gasteiger partial charge >= 0.3 is 0 Å². The molecule has 0 aliphatic carbocycles. The molecule has 2 aliphatic heterocycles.